The molecule has 132 valence electrons. The minimum Gasteiger partial charge on any atom is -0.357 e. The van der Waals surface area contributed by atoms with Crippen LogP contribution in [0.25, 0.3) is 0 Å². The van der Waals surface area contributed by atoms with Gasteiger partial charge in [-0.1, -0.05) is 53.5 Å². The molecule has 2 amide bonds. The summed E-state index contributed by atoms with van der Waals surface area (Å²) in [5, 5.41) is 3.75. The van der Waals surface area contributed by atoms with Gasteiger partial charge in [0.1, 0.15) is 6.04 Å². The minimum absolute atomic E-state index is 0.134. The number of hydrogen-bond donors (Lipinski definition) is 1. The number of nitrogens with one attached hydrogen (secondary N) is 1. The molecular weight excluding hydrogens is 359 g/mol. The van der Waals surface area contributed by atoms with E-state index in [1.165, 1.54) is 0 Å². The number of carbonyl (C=O) groups is 2. The molecule has 0 spiro atoms. The lowest BCUT2D eigenvalue weighted by molar-refractivity contribution is -0.139. The molecule has 1 N–H and O–H groups in total. The molecule has 2 aromatic carbocycles. The highest BCUT2D eigenvalue weighted by Crippen LogP contribution is 2.19. The summed E-state index contributed by atoms with van der Waals surface area (Å²) >= 11 is 12.1. The highest BCUT2D eigenvalue weighted by atomic mass is 35.5. The van der Waals surface area contributed by atoms with Crippen molar-refractivity contribution in [3.63, 3.8) is 0 Å². The summed E-state index contributed by atoms with van der Waals surface area (Å²) in [7, 11) is 1.55. The van der Waals surface area contributed by atoms with E-state index in [2.05, 4.69) is 5.32 Å². The van der Waals surface area contributed by atoms with Crippen molar-refractivity contribution in [3.05, 3.63) is 69.7 Å². The fraction of sp³-hybridized carbons (Fsp3) is 0.263. The Morgan fingerprint density at radius 3 is 2.32 bits per heavy atom. The van der Waals surface area contributed by atoms with Crippen LogP contribution in [0.3, 0.4) is 0 Å². The Morgan fingerprint density at radius 1 is 1.08 bits per heavy atom. The molecule has 0 heterocycles. The first-order chi connectivity index (χ1) is 11.9. The quantitative estimate of drug-likeness (QED) is 0.832. The predicted octanol–water partition coefficient (Wildman–Crippen LogP) is 3.70. The summed E-state index contributed by atoms with van der Waals surface area (Å²) in [4.78, 5) is 26.5. The molecule has 0 aliphatic heterocycles. The van der Waals surface area contributed by atoms with E-state index in [9.17, 15) is 9.59 Å². The molecule has 0 bridgehead atoms. The predicted molar refractivity (Wildman–Crippen MR) is 101 cm³/mol. The zero-order valence-corrected chi connectivity index (χ0v) is 15.6. The molecule has 2 rings (SSSR count). The number of amides is 2. The first kappa shape index (κ1) is 19.3. The lowest BCUT2D eigenvalue weighted by Crippen LogP contribution is -2.47. The molecular formula is C19H20Cl2N2O2. The molecule has 25 heavy (non-hydrogen) atoms. The molecule has 0 aliphatic carbocycles. The van der Waals surface area contributed by atoms with E-state index in [1.807, 2.05) is 30.3 Å². The van der Waals surface area contributed by atoms with E-state index in [1.54, 1.807) is 37.1 Å². The van der Waals surface area contributed by atoms with Crippen LogP contribution in [0.1, 0.15) is 18.1 Å². The molecule has 4 nitrogen and oxygen atoms in total. The van der Waals surface area contributed by atoms with Gasteiger partial charge in [-0.25, -0.2) is 0 Å². The number of halogens is 2. The van der Waals surface area contributed by atoms with Crippen LogP contribution in [0.4, 0.5) is 0 Å². The van der Waals surface area contributed by atoms with E-state index in [0.717, 1.165) is 11.1 Å². The Kier molecular flexibility index (Phi) is 6.85. The van der Waals surface area contributed by atoms with E-state index in [-0.39, 0.29) is 18.2 Å². The minimum atomic E-state index is -0.601. The third-order valence-electron chi connectivity index (χ3n) is 3.98. The number of likely N-dealkylation sites (N-methyl/N-ethyl adjacent to an activating group) is 1. The Morgan fingerprint density at radius 2 is 1.72 bits per heavy atom. The Balaban J connectivity index is 2.23. The van der Waals surface area contributed by atoms with Crippen molar-refractivity contribution in [2.24, 2.45) is 0 Å². The second-order valence-electron chi connectivity index (χ2n) is 5.71. The maximum absolute atomic E-state index is 12.9. The second-order valence-corrected chi connectivity index (χ2v) is 6.55. The maximum Gasteiger partial charge on any atom is 0.242 e. The van der Waals surface area contributed by atoms with Crippen LogP contribution >= 0.6 is 23.2 Å². The Labute approximate surface area is 157 Å². The van der Waals surface area contributed by atoms with Gasteiger partial charge in [0, 0.05) is 23.6 Å². The Hall–Kier alpha value is -2.04. The number of carbonyl (C=O) groups excluding carboxylic acids is 2. The fourth-order valence-corrected chi connectivity index (χ4v) is 2.81. The summed E-state index contributed by atoms with van der Waals surface area (Å²) in [5.41, 5.74) is 1.63. The zero-order valence-electron chi connectivity index (χ0n) is 14.1. The molecule has 0 aliphatic rings. The van der Waals surface area contributed by atoms with Crippen LogP contribution in [0.5, 0.6) is 0 Å². The van der Waals surface area contributed by atoms with E-state index in [4.69, 9.17) is 23.2 Å². The van der Waals surface area contributed by atoms with Crippen LogP contribution in [0.2, 0.25) is 10.0 Å². The summed E-state index contributed by atoms with van der Waals surface area (Å²) in [6, 6.07) is 13.8. The summed E-state index contributed by atoms with van der Waals surface area (Å²) in [6.45, 7) is 2.02. The molecule has 2 aromatic rings. The molecule has 0 aromatic heterocycles. The normalized spacial score (nSPS) is 11.7. The van der Waals surface area contributed by atoms with Crippen molar-refractivity contribution in [2.75, 3.05) is 7.05 Å². The lowest BCUT2D eigenvalue weighted by atomic mass is 10.1. The van der Waals surface area contributed by atoms with Crippen molar-refractivity contribution in [1.29, 1.82) is 0 Å². The third-order valence-corrected chi connectivity index (χ3v) is 4.60. The number of nitrogens with zero attached hydrogens (tertiary/aromatic N) is 1. The molecule has 1 atom stereocenters. The van der Waals surface area contributed by atoms with Crippen molar-refractivity contribution < 1.29 is 9.59 Å². The number of rotatable bonds is 6. The largest absolute Gasteiger partial charge is 0.357 e. The SMILES string of the molecule is CNC(=O)[C@H](C)N(Cc1ccc(Cl)cc1)C(=O)Cc1ccccc1Cl. The topological polar surface area (TPSA) is 49.4 Å². The second kappa shape index (κ2) is 8.88. The van der Waals surface area contributed by atoms with Crippen LogP contribution < -0.4 is 5.32 Å². The van der Waals surface area contributed by atoms with Gasteiger partial charge in [0.25, 0.3) is 0 Å². The van der Waals surface area contributed by atoms with Gasteiger partial charge in [0.2, 0.25) is 11.8 Å². The highest BCUT2D eigenvalue weighted by molar-refractivity contribution is 6.31. The summed E-state index contributed by atoms with van der Waals surface area (Å²) in [6.07, 6.45) is 0.134. The van der Waals surface area contributed by atoms with Gasteiger partial charge in [-0.15, -0.1) is 0 Å². The standard InChI is InChI=1S/C19H20Cl2N2O2/c1-13(19(25)22-2)23(12-14-7-9-16(20)10-8-14)18(24)11-15-5-3-4-6-17(15)21/h3-10,13H,11-12H2,1-2H3,(H,22,25)/t13-/m0/s1. The summed E-state index contributed by atoms with van der Waals surface area (Å²) < 4.78 is 0. The molecule has 0 fully saturated rings. The van der Waals surface area contributed by atoms with Crippen LogP contribution in [-0.2, 0) is 22.6 Å². The van der Waals surface area contributed by atoms with Gasteiger partial charge in [0.15, 0.2) is 0 Å². The highest BCUT2D eigenvalue weighted by Gasteiger charge is 2.25. The monoisotopic (exact) mass is 378 g/mol. The third kappa shape index (κ3) is 5.21. The van der Waals surface area contributed by atoms with Gasteiger partial charge in [-0.05, 0) is 36.2 Å². The van der Waals surface area contributed by atoms with Gasteiger partial charge in [-0.2, -0.15) is 0 Å². The van der Waals surface area contributed by atoms with Crippen molar-refractivity contribution in [1.82, 2.24) is 10.2 Å². The van der Waals surface area contributed by atoms with Crippen LogP contribution in [-0.4, -0.2) is 29.8 Å². The Bertz CT molecular complexity index is 747. The number of hydrogen-bond acceptors (Lipinski definition) is 2. The maximum atomic E-state index is 12.9. The van der Waals surface area contributed by atoms with Gasteiger partial charge in [-0.3, -0.25) is 9.59 Å². The average Bonchev–Trinajstić information content (AvgIpc) is 2.61. The smallest absolute Gasteiger partial charge is 0.242 e. The first-order valence-corrected chi connectivity index (χ1v) is 8.67. The van der Waals surface area contributed by atoms with E-state index < -0.39 is 6.04 Å². The van der Waals surface area contributed by atoms with Crippen molar-refractivity contribution in [2.45, 2.75) is 25.9 Å². The molecule has 0 unspecified atom stereocenters. The van der Waals surface area contributed by atoms with Crippen molar-refractivity contribution in [3.8, 4) is 0 Å². The van der Waals surface area contributed by atoms with Gasteiger partial charge >= 0.3 is 0 Å². The summed E-state index contributed by atoms with van der Waals surface area (Å²) in [5.74, 6) is -0.388. The fourth-order valence-electron chi connectivity index (χ4n) is 2.48. The van der Waals surface area contributed by atoms with Crippen LogP contribution in [0, 0.1) is 0 Å². The average molecular weight is 379 g/mol. The molecule has 6 heteroatoms. The number of benzene rings is 2. The van der Waals surface area contributed by atoms with E-state index in [0.29, 0.717) is 16.6 Å². The van der Waals surface area contributed by atoms with Crippen molar-refractivity contribution >= 4 is 35.0 Å². The molecule has 0 saturated heterocycles. The molecule has 0 radical (unpaired) electrons. The lowest BCUT2D eigenvalue weighted by Gasteiger charge is -2.28. The van der Waals surface area contributed by atoms with Gasteiger partial charge in [0.05, 0.1) is 6.42 Å². The molecule has 0 saturated carbocycles. The van der Waals surface area contributed by atoms with E-state index >= 15 is 0 Å². The first-order valence-electron chi connectivity index (χ1n) is 7.91. The zero-order chi connectivity index (χ0) is 18.4. The van der Waals surface area contributed by atoms with Gasteiger partial charge < -0.3 is 10.2 Å². The van der Waals surface area contributed by atoms with Crippen LogP contribution in [0.15, 0.2) is 48.5 Å².